The van der Waals surface area contributed by atoms with Crippen molar-refractivity contribution in [2.45, 2.75) is 19.9 Å². The molecule has 1 aromatic carbocycles. The van der Waals surface area contributed by atoms with Gasteiger partial charge >= 0.3 is 5.97 Å². The van der Waals surface area contributed by atoms with Crippen LogP contribution in [-0.2, 0) is 16.1 Å². The summed E-state index contributed by atoms with van der Waals surface area (Å²) in [5, 5.41) is 11.6. The van der Waals surface area contributed by atoms with E-state index in [1.807, 2.05) is 31.2 Å². The van der Waals surface area contributed by atoms with Gasteiger partial charge < -0.3 is 15.2 Å². The number of ether oxygens (including phenoxy) is 1. The van der Waals surface area contributed by atoms with E-state index in [0.29, 0.717) is 13.1 Å². The molecule has 1 rings (SSSR count). The number of halogens is 1. The number of carbonyl (C=O) groups is 2. The predicted octanol–water partition coefficient (Wildman–Crippen LogP) is 1.53. The maximum atomic E-state index is 11.8. The number of hydrogen-bond acceptors (Lipinski definition) is 4. The molecule has 0 aliphatic rings. The maximum Gasteiger partial charge on any atom is 0.317 e. The van der Waals surface area contributed by atoms with E-state index in [1.165, 1.54) is 0 Å². The zero-order chi connectivity index (χ0) is 15.7. The highest BCUT2D eigenvalue weighted by atomic mass is 35.5. The van der Waals surface area contributed by atoms with Gasteiger partial charge in [-0.1, -0.05) is 19.1 Å². The lowest BCUT2D eigenvalue weighted by Gasteiger charge is -2.18. The zero-order valence-electron chi connectivity index (χ0n) is 12.9. The topological polar surface area (TPSA) is 78.9 Å². The van der Waals surface area contributed by atoms with Gasteiger partial charge in [-0.2, -0.15) is 0 Å². The number of rotatable bonds is 9. The van der Waals surface area contributed by atoms with Gasteiger partial charge in [0.1, 0.15) is 5.75 Å². The fourth-order valence-corrected chi connectivity index (χ4v) is 1.92. The SMILES string of the molecule is CCCN(CC(=O)O)CC(=O)NCc1ccc(OC)cc1.Cl. The molecule has 0 saturated carbocycles. The van der Waals surface area contributed by atoms with E-state index in [2.05, 4.69) is 5.32 Å². The molecule has 1 amide bonds. The number of benzene rings is 1. The first kappa shape index (κ1) is 20.2. The third-order valence-corrected chi connectivity index (χ3v) is 2.91. The highest BCUT2D eigenvalue weighted by Crippen LogP contribution is 2.10. The molecule has 7 heteroatoms. The number of carbonyl (C=O) groups excluding carboxylic acids is 1. The first-order chi connectivity index (χ1) is 10.0. The summed E-state index contributed by atoms with van der Waals surface area (Å²) in [5.74, 6) is -0.340. The van der Waals surface area contributed by atoms with Crippen LogP contribution in [0.3, 0.4) is 0 Å². The van der Waals surface area contributed by atoms with Crippen molar-refractivity contribution in [2.75, 3.05) is 26.7 Å². The Kier molecular flexibility index (Phi) is 9.98. The molecule has 0 aliphatic carbocycles. The van der Waals surface area contributed by atoms with E-state index in [9.17, 15) is 9.59 Å². The van der Waals surface area contributed by atoms with Crippen LogP contribution in [0.4, 0.5) is 0 Å². The van der Waals surface area contributed by atoms with E-state index < -0.39 is 5.97 Å². The van der Waals surface area contributed by atoms with Crippen molar-refractivity contribution in [1.29, 1.82) is 0 Å². The van der Waals surface area contributed by atoms with Gasteiger partial charge in [0.25, 0.3) is 0 Å². The molecule has 0 saturated heterocycles. The number of carboxylic acids is 1. The number of methoxy groups -OCH3 is 1. The normalized spacial score (nSPS) is 9.95. The van der Waals surface area contributed by atoms with Crippen LogP contribution in [0.2, 0.25) is 0 Å². The molecule has 124 valence electrons. The highest BCUT2D eigenvalue weighted by Gasteiger charge is 2.12. The third kappa shape index (κ3) is 7.85. The molecule has 0 aliphatic heterocycles. The average Bonchev–Trinajstić information content (AvgIpc) is 2.45. The molecule has 0 unspecified atom stereocenters. The fourth-order valence-electron chi connectivity index (χ4n) is 1.92. The molecule has 0 atom stereocenters. The van der Waals surface area contributed by atoms with Gasteiger partial charge in [-0.3, -0.25) is 14.5 Å². The van der Waals surface area contributed by atoms with Crippen LogP contribution in [0.1, 0.15) is 18.9 Å². The second-order valence-corrected chi connectivity index (χ2v) is 4.73. The predicted molar refractivity (Wildman–Crippen MR) is 86.5 cm³/mol. The molecule has 1 aromatic rings. The third-order valence-electron chi connectivity index (χ3n) is 2.91. The Hall–Kier alpha value is -1.79. The Bertz CT molecular complexity index is 465. The van der Waals surface area contributed by atoms with Crippen LogP contribution >= 0.6 is 12.4 Å². The largest absolute Gasteiger partial charge is 0.497 e. The maximum absolute atomic E-state index is 11.8. The van der Waals surface area contributed by atoms with Crippen molar-refractivity contribution in [3.63, 3.8) is 0 Å². The Morgan fingerprint density at radius 2 is 1.86 bits per heavy atom. The zero-order valence-corrected chi connectivity index (χ0v) is 13.7. The van der Waals surface area contributed by atoms with E-state index >= 15 is 0 Å². The van der Waals surface area contributed by atoms with Crippen molar-refractivity contribution in [3.05, 3.63) is 29.8 Å². The lowest BCUT2D eigenvalue weighted by molar-refractivity contribution is -0.138. The highest BCUT2D eigenvalue weighted by molar-refractivity contribution is 5.85. The number of amides is 1. The summed E-state index contributed by atoms with van der Waals surface area (Å²) >= 11 is 0. The molecule has 2 N–H and O–H groups in total. The smallest absolute Gasteiger partial charge is 0.317 e. The van der Waals surface area contributed by atoms with Crippen molar-refractivity contribution in [3.8, 4) is 5.75 Å². The summed E-state index contributed by atoms with van der Waals surface area (Å²) in [5.41, 5.74) is 0.962. The monoisotopic (exact) mass is 330 g/mol. The minimum absolute atomic E-state index is 0. The molecular weight excluding hydrogens is 308 g/mol. The van der Waals surface area contributed by atoms with Crippen LogP contribution in [-0.4, -0.2) is 48.6 Å². The van der Waals surface area contributed by atoms with Crippen LogP contribution in [0.25, 0.3) is 0 Å². The number of nitrogens with one attached hydrogen (secondary N) is 1. The molecule has 6 nitrogen and oxygen atoms in total. The van der Waals surface area contributed by atoms with Gasteiger partial charge in [0.05, 0.1) is 20.2 Å². The first-order valence-electron chi connectivity index (χ1n) is 6.89. The number of hydrogen-bond donors (Lipinski definition) is 2. The van der Waals surface area contributed by atoms with E-state index in [4.69, 9.17) is 9.84 Å². The second-order valence-electron chi connectivity index (χ2n) is 4.73. The average molecular weight is 331 g/mol. The minimum Gasteiger partial charge on any atom is -0.497 e. The van der Waals surface area contributed by atoms with Crippen LogP contribution in [0, 0.1) is 0 Å². The van der Waals surface area contributed by atoms with Gasteiger partial charge in [0, 0.05) is 6.54 Å². The lowest BCUT2D eigenvalue weighted by Crippen LogP contribution is -2.39. The standard InChI is InChI=1S/C15H22N2O4.ClH/c1-3-8-17(11-15(19)20)10-14(18)16-9-12-4-6-13(21-2)7-5-12;/h4-7H,3,8-11H2,1-2H3,(H,16,18)(H,19,20);1H. The van der Waals surface area contributed by atoms with Crippen molar-refractivity contribution in [1.82, 2.24) is 10.2 Å². The molecule has 0 fully saturated rings. The van der Waals surface area contributed by atoms with Crippen LogP contribution < -0.4 is 10.1 Å². The molecule has 22 heavy (non-hydrogen) atoms. The van der Waals surface area contributed by atoms with E-state index in [1.54, 1.807) is 12.0 Å². The summed E-state index contributed by atoms with van der Waals surface area (Å²) in [6.45, 7) is 2.92. The molecule has 0 heterocycles. The Morgan fingerprint density at radius 3 is 2.36 bits per heavy atom. The molecule has 0 bridgehead atoms. The molecule has 0 radical (unpaired) electrons. The Labute approximate surface area is 136 Å². The summed E-state index contributed by atoms with van der Waals surface area (Å²) in [6, 6.07) is 7.41. The Balaban J connectivity index is 0.00000441. The van der Waals surface area contributed by atoms with Gasteiger partial charge in [0.15, 0.2) is 0 Å². The van der Waals surface area contributed by atoms with Gasteiger partial charge in [0.2, 0.25) is 5.91 Å². The molecule has 0 spiro atoms. The lowest BCUT2D eigenvalue weighted by atomic mass is 10.2. The fraction of sp³-hybridized carbons (Fsp3) is 0.467. The van der Waals surface area contributed by atoms with Gasteiger partial charge in [-0.05, 0) is 30.7 Å². The Morgan fingerprint density at radius 1 is 1.23 bits per heavy atom. The molecular formula is C15H23ClN2O4. The summed E-state index contributed by atoms with van der Waals surface area (Å²) in [6.07, 6.45) is 0.805. The van der Waals surface area contributed by atoms with Crippen molar-refractivity contribution in [2.24, 2.45) is 0 Å². The summed E-state index contributed by atoms with van der Waals surface area (Å²) in [4.78, 5) is 24.2. The van der Waals surface area contributed by atoms with E-state index in [0.717, 1.165) is 17.7 Å². The summed E-state index contributed by atoms with van der Waals surface area (Å²) < 4.78 is 5.06. The first-order valence-corrected chi connectivity index (χ1v) is 6.89. The summed E-state index contributed by atoms with van der Waals surface area (Å²) in [7, 11) is 1.60. The minimum atomic E-state index is -0.925. The number of nitrogens with zero attached hydrogens (tertiary/aromatic N) is 1. The van der Waals surface area contributed by atoms with Crippen molar-refractivity contribution >= 4 is 24.3 Å². The van der Waals surface area contributed by atoms with Crippen LogP contribution in [0.5, 0.6) is 5.75 Å². The molecule has 0 aromatic heterocycles. The van der Waals surface area contributed by atoms with Crippen LogP contribution in [0.15, 0.2) is 24.3 Å². The van der Waals surface area contributed by atoms with Gasteiger partial charge in [-0.15, -0.1) is 12.4 Å². The van der Waals surface area contributed by atoms with E-state index in [-0.39, 0.29) is 31.4 Å². The quantitative estimate of drug-likeness (QED) is 0.718. The van der Waals surface area contributed by atoms with Gasteiger partial charge in [-0.25, -0.2) is 0 Å². The number of carboxylic acid groups (broad SMARTS) is 1. The number of aliphatic carboxylic acids is 1. The van der Waals surface area contributed by atoms with Crippen molar-refractivity contribution < 1.29 is 19.4 Å². The second kappa shape index (κ2) is 10.9.